The van der Waals surface area contributed by atoms with Crippen molar-refractivity contribution in [3.63, 3.8) is 0 Å². The normalized spacial score (nSPS) is 11.0. The molecule has 0 saturated heterocycles. The Bertz CT molecular complexity index is 1080. The van der Waals surface area contributed by atoms with E-state index >= 15 is 0 Å². The van der Waals surface area contributed by atoms with Gasteiger partial charge in [0.2, 0.25) is 0 Å². The topological polar surface area (TPSA) is 64.6 Å². The summed E-state index contributed by atoms with van der Waals surface area (Å²) in [5.41, 5.74) is -0.121. The molecule has 0 radical (unpaired) electrons. The minimum atomic E-state index is -4.51. The van der Waals surface area contributed by atoms with Crippen molar-refractivity contribution in [2.45, 2.75) is 6.18 Å². The Morgan fingerprint density at radius 3 is 2.29 bits per heavy atom. The summed E-state index contributed by atoms with van der Waals surface area (Å²) in [6, 6.07) is 16.7. The molecule has 0 atom stereocenters. The molecule has 1 N–H and O–H groups in total. The number of hydrogen-bond donors (Lipinski definition) is 1. The fourth-order valence-electron chi connectivity index (χ4n) is 2.52. The lowest BCUT2D eigenvalue weighted by molar-refractivity contribution is -0.137. The van der Waals surface area contributed by atoms with Gasteiger partial charge in [-0.25, -0.2) is 4.79 Å². The third-order valence-electron chi connectivity index (χ3n) is 3.98. The number of carbonyl (C=O) groups excluding carboxylic acids is 2. The molecule has 3 aromatic rings. The van der Waals surface area contributed by atoms with Gasteiger partial charge in [0.05, 0.1) is 16.1 Å². The van der Waals surface area contributed by atoms with Crippen molar-refractivity contribution in [3.05, 3.63) is 88.9 Å². The predicted molar refractivity (Wildman–Crippen MR) is 108 cm³/mol. The van der Waals surface area contributed by atoms with Gasteiger partial charge in [0.25, 0.3) is 5.91 Å². The lowest BCUT2D eigenvalue weighted by Gasteiger charge is -2.10. The van der Waals surface area contributed by atoms with Crippen LogP contribution >= 0.6 is 11.6 Å². The van der Waals surface area contributed by atoms with Crippen LogP contribution in [0.4, 0.5) is 18.9 Å². The van der Waals surface area contributed by atoms with Crippen LogP contribution in [-0.2, 0) is 11.0 Å². The minimum Gasteiger partial charge on any atom is -0.482 e. The van der Waals surface area contributed by atoms with Crippen molar-refractivity contribution >= 4 is 29.2 Å². The highest BCUT2D eigenvalue weighted by atomic mass is 35.5. The SMILES string of the molecule is O=C(COc1cccc(C(F)(F)F)c1)Oc1ccc(NC(=O)c2ccccc2Cl)cc1. The molecular weight excluding hydrogens is 435 g/mol. The average Bonchev–Trinajstić information content (AvgIpc) is 2.73. The van der Waals surface area contributed by atoms with Crippen molar-refractivity contribution < 1.29 is 32.2 Å². The van der Waals surface area contributed by atoms with Crippen LogP contribution < -0.4 is 14.8 Å². The molecule has 0 aliphatic carbocycles. The van der Waals surface area contributed by atoms with Gasteiger partial charge in [-0.1, -0.05) is 29.8 Å². The van der Waals surface area contributed by atoms with E-state index in [1.807, 2.05) is 0 Å². The maximum absolute atomic E-state index is 12.7. The first-order chi connectivity index (χ1) is 14.7. The highest BCUT2D eigenvalue weighted by molar-refractivity contribution is 6.34. The van der Waals surface area contributed by atoms with Gasteiger partial charge in [0, 0.05) is 5.69 Å². The number of anilines is 1. The number of carbonyl (C=O) groups is 2. The van der Waals surface area contributed by atoms with Crippen molar-refractivity contribution in [1.29, 1.82) is 0 Å². The van der Waals surface area contributed by atoms with E-state index in [4.69, 9.17) is 21.1 Å². The second kappa shape index (κ2) is 9.53. The third-order valence-corrected chi connectivity index (χ3v) is 4.31. The molecule has 9 heteroatoms. The van der Waals surface area contributed by atoms with E-state index in [0.717, 1.165) is 12.1 Å². The van der Waals surface area contributed by atoms with E-state index in [9.17, 15) is 22.8 Å². The van der Waals surface area contributed by atoms with E-state index in [0.29, 0.717) is 16.3 Å². The number of ether oxygens (including phenoxy) is 2. The van der Waals surface area contributed by atoms with Crippen LogP contribution in [0, 0.1) is 0 Å². The maximum Gasteiger partial charge on any atom is 0.416 e. The van der Waals surface area contributed by atoms with Gasteiger partial charge in [-0.05, 0) is 54.6 Å². The summed E-state index contributed by atoms with van der Waals surface area (Å²) in [6.45, 7) is -0.577. The number of alkyl halides is 3. The second-order valence-electron chi connectivity index (χ2n) is 6.25. The molecule has 0 aliphatic heterocycles. The van der Waals surface area contributed by atoms with Crippen LogP contribution in [0.3, 0.4) is 0 Å². The molecule has 0 fully saturated rings. The Hall–Kier alpha value is -3.52. The number of esters is 1. The van der Waals surface area contributed by atoms with E-state index in [1.54, 1.807) is 24.3 Å². The zero-order valence-corrected chi connectivity index (χ0v) is 16.5. The Morgan fingerprint density at radius 2 is 1.61 bits per heavy atom. The number of halogens is 4. The fourth-order valence-corrected chi connectivity index (χ4v) is 2.74. The standard InChI is InChI=1S/C22H15ClF3NO4/c23-19-7-2-1-6-18(19)21(29)27-15-8-10-16(11-9-15)31-20(28)13-30-17-5-3-4-14(12-17)22(24,25)26/h1-12H,13H2,(H,27,29). The van der Waals surface area contributed by atoms with Gasteiger partial charge in [-0.15, -0.1) is 0 Å². The highest BCUT2D eigenvalue weighted by Crippen LogP contribution is 2.31. The predicted octanol–water partition coefficient (Wildman–Crippen LogP) is 5.60. The smallest absolute Gasteiger partial charge is 0.416 e. The number of hydrogen-bond acceptors (Lipinski definition) is 4. The molecule has 1 amide bonds. The highest BCUT2D eigenvalue weighted by Gasteiger charge is 2.30. The summed E-state index contributed by atoms with van der Waals surface area (Å²) in [4.78, 5) is 24.1. The number of benzene rings is 3. The summed E-state index contributed by atoms with van der Waals surface area (Å²) < 4.78 is 48.3. The first kappa shape index (κ1) is 22.2. The largest absolute Gasteiger partial charge is 0.482 e. The van der Waals surface area contributed by atoms with E-state index in [2.05, 4.69) is 5.32 Å². The number of rotatable bonds is 6. The molecule has 0 heterocycles. The molecule has 0 bridgehead atoms. The molecule has 0 unspecified atom stereocenters. The number of nitrogens with one attached hydrogen (secondary N) is 1. The van der Waals surface area contributed by atoms with Crippen molar-refractivity contribution in [2.75, 3.05) is 11.9 Å². The Kier molecular flexibility index (Phi) is 6.81. The van der Waals surface area contributed by atoms with Crippen molar-refractivity contribution in [1.82, 2.24) is 0 Å². The van der Waals surface area contributed by atoms with Crippen LogP contribution in [-0.4, -0.2) is 18.5 Å². The van der Waals surface area contributed by atoms with Crippen LogP contribution in [0.5, 0.6) is 11.5 Å². The molecule has 160 valence electrons. The van der Waals surface area contributed by atoms with Crippen LogP contribution in [0.25, 0.3) is 0 Å². The van der Waals surface area contributed by atoms with Gasteiger partial charge >= 0.3 is 12.1 Å². The second-order valence-corrected chi connectivity index (χ2v) is 6.65. The summed E-state index contributed by atoms with van der Waals surface area (Å²) in [7, 11) is 0. The molecule has 0 saturated carbocycles. The quantitative estimate of drug-likeness (QED) is 0.393. The van der Waals surface area contributed by atoms with Gasteiger partial charge in [0.1, 0.15) is 11.5 Å². The lowest BCUT2D eigenvalue weighted by atomic mass is 10.2. The zero-order chi connectivity index (χ0) is 22.4. The molecule has 0 aliphatic rings. The van der Waals surface area contributed by atoms with Gasteiger partial charge in [0.15, 0.2) is 6.61 Å². The van der Waals surface area contributed by atoms with Crippen LogP contribution in [0.15, 0.2) is 72.8 Å². The molecular formula is C22H15ClF3NO4. The molecule has 3 rings (SSSR count). The Labute approximate surface area is 180 Å². The molecule has 0 aromatic heterocycles. The molecule has 3 aromatic carbocycles. The van der Waals surface area contributed by atoms with Crippen molar-refractivity contribution in [2.24, 2.45) is 0 Å². The first-order valence-electron chi connectivity index (χ1n) is 8.89. The van der Waals surface area contributed by atoms with Gasteiger partial charge in [-0.2, -0.15) is 13.2 Å². The van der Waals surface area contributed by atoms with E-state index in [1.165, 1.54) is 36.4 Å². The van der Waals surface area contributed by atoms with E-state index < -0.39 is 30.2 Å². The summed E-state index contributed by atoms with van der Waals surface area (Å²) in [5.74, 6) is -1.13. The first-order valence-corrected chi connectivity index (χ1v) is 9.27. The van der Waals surface area contributed by atoms with Gasteiger partial charge in [-0.3, -0.25) is 4.79 Å². The fraction of sp³-hybridized carbons (Fsp3) is 0.0909. The summed E-state index contributed by atoms with van der Waals surface area (Å²) in [5, 5.41) is 2.97. The maximum atomic E-state index is 12.7. The van der Waals surface area contributed by atoms with E-state index in [-0.39, 0.29) is 11.5 Å². The van der Waals surface area contributed by atoms with Gasteiger partial charge < -0.3 is 14.8 Å². The third kappa shape index (κ3) is 6.23. The Balaban J connectivity index is 1.53. The monoisotopic (exact) mass is 449 g/mol. The lowest BCUT2D eigenvalue weighted by Crippen LogP contribution is -2.18. The molecule has 0 spiro atoms. The van der Waals surface area contributed by atoms with Crippen LogP contribution in [0.2, 0.25) is 5.02 Å². The summed E-state index contributed by atoms with van der Waals surface area (Å²) >= 11 is 5.99. The summed E-state index contributed by atoms with van der Waals surface area (Å²) in [6.07, 6.45) is -4.51. The average molecular weight is 450 g/mol. The Morgan fingerprint density at radius 1 is 0.903 bits per heavy atom. The van der Waals surface area contributed by atoms with Crippen LogP contribution in [0.1, 0.15) is 15.9 Å². The number of amides is 1. The molecule has 5 nitrogen and oxygen atoms in total. The zero-order valence-electron chi connectivity index (χ0n) is 15.8. The molecule has 31 heavy (non-hydrogen) atoms. The minimum absolute atomic E-state index is 0.107. The van der Waals surface area contributed by atoms with Crippen molar-refractivity contribution in [3.8, 4) is 11.5 Å².